The Labute approximate surface area is 196 Å². The second kappa shape index (κ2) is 10.4. The molecule has 1 heterocycles. The van der Waals surface area contributed by atoms with E-state index in [2.05, 4.69) is 15.0 Å². The number of thioether (sulfide) groups is 1. The van der Waals surface area contributed by atoms with E-state index in [4.69, 9.17) is 0 Å². The van der Waals surface area contributed by atoms with Gasteiger partial charge in [-0.25, -0.2) is 9.37 Å². The molecule has 0 radical (unpaired) electrons. The standard InChI is InChI=1S/C24H18F3N3O3S/c25-16-7-5-15(6-8-16)13-28-21(31)14-34-24-29-20-4-2-1-3-19(20)22(32)30(24)17-9-11-18(12-10-17)33-23(26)27/h1-12,23H,13-14H2,(H,28,31). The van der Waals surface area contributed by atoms with Crippen LogP contribution in [0.4, 0.5) is 13.2 Å². The molecule has 1 aromatic heterocycles. The van der Waals surface area contributed by atoms with Gasteiger partial charge in [-0.1, -0.05) is 36.0 Å². The zero-order valence-corrected chi connectivity index (χ0v) is 18.4. The number of para-hydroxylation sites is 1. The molecule has 6 nitrogen and oxygen atoms in total. The van der Waals surface area contributed by atoms with E-state index in [1.54, 1.807) is 36.4 Å². The van der Waals surface area contributed by atoms with Gasteiger partial charge in [0.15, 0.2) is 5.16 Å². The first kappa shape index (κ1) is 23.4. The number of carbonyl (C=O) groups is 1. The van der Waals surface area contributed by atoms with Gasteiger partial charge in [-0.3, -0.25) is 14.2 Å². The molecule has 0 bridgehead atoms. The maximum absolute atomic E-state index is 13.2. The van der Waals surface area contributed by atoms with Gasteiger partial charge >= 0.3 is 6.61 Å². The predicted octanol–water partition coefficient (Wildman–Crippen LogP) is 4.53. The molecule has 0 atom stereocenters. The maximum Gasteiger partial charge on any atom is 0.387 e. The Hall–Kier alpha value is -3.79. The van der Waals surface area contributed by atoms with Crippen LogP contribution in [0.25, 0.3) is 16.6 Å². The van der Waals surface area contributed by atoms with Gasteiger partial charge in [0, 0.05) is 6.54 Å². The van der Waals surface area contributed by atoms with Crippen LogP contribution in [0.3, 0.4) is 0 Å². The van der Waals surface area contributed by atoms with Crippen molar-refractivity contribution in [3.63, 3.8) is 0 Å². The van der Waals surface area contributed by atoms with Gasteiger partial charge in [0.2, 0.25) is 5.91 Å². The number of rotatable bonds is 8. The number of alkyl halides is 2. The first-order valence-electron chi connectivity index (χ1n) is 10.1. The lowest BCUT2D eigenvalue weighted by Gasteiger charge is -2.14. The molecule has 0 saturated heterocycles. The summed E-state index contributed by atoms with van der Waals surface area (Å²) in [6, 6.07) is 18.2. The summed E-state index contributed by atoms with van der Waals surface area (Å²) in [7, 11) is 0. The molecule has 0 saturated carbocycles. The van der Waals surface area contributed by atoms with Crippen molar-refractivity contribution >= 4 is 28.6 Å². The van der Waals surface area contributed by atoms with Crippen LogP contribution in [0.1, 0.15) is 5.56 Å². The zero-order chi connectivity index (χ0) is 24.1. The third-order valence-corrected chi connectivity index (χ3v) is 5.74. The third-order valence-electron chi connectivity index (χ3n) is 4.80. The Kier molecular flexibility index (Phi) is 7.17. The van der Waals surface area contributed by atoms with Crippen molar-refractivity contribution < 1.29 is 22.7 Å². The average molecular weight is 485 g/mol. The monoisotopic (exact) mass is 485 g/mol. The van der Waals surface area contributed by atoms with Crippen LogP contribution in [0.5, 0.6) is 5.75 Å². The smallest absolute Gasteiger partial charge is 0.387 e. The maximum atomic E-state index is 13.2. The van der Waals surface area contributed by atoms with E-state index in [1.165, 1.54) is 41.0 Å². The number of fused-ring (bicyclic) bond motifs is 1. The molecule has 174 valence electrons. The number of hydrogen-bond acceptors (Lipinski definition) is 5. The summed E-state index contributed by atoms with van der Waals surface area (Å²) in [6.07, 6.45) is 0. The van der Waals surface area contributed by atoms with Crippen molar-refractivity contribution in [1.29, 1.82) is 0 Å². The summed E-state index contributed by atoms with van der Waals surface area (Å²) in [4.78, 5) is 30.2. The third kappa shape index (κ3) is 5.57. The molecule has 0 fully saturated rings. The van der Waals surface area contributed by atoms with Gasteiger partial charge in [-0.2, -0.15) is 8.78 Å². The lowest BCUT2D eigenvalue weighted by Crippen LogP contribution is -2.26. The van der Waals surface area contributed by atoms with Crippen LogP contribution in [-0.2, 0) is 11.3 Å². The highest BCUT2D eigenvalue weighted by molar-refractivity contribution is 7.99. The van der Waals surface area contributed by atoms with E-state index in [9.17, 15) is 22.8 Å². The quantitative estimate of drug-likeness (QED) is 0.293. The van der Waals surface area contributed by atoms with Gasteiger partial charge < -0.3 is 10.1 Å². The molecule has 1 N–H and O–H groups in total. The van der Waals surface area contributed by atoms with Crippen molar-refractivity contribution in [2.24, 2.45) is 0 Å². The number of carbonyl (C=O) groups excluding carboxylic acids is 1. The minimum absolute atomic E-state index is 0.0292. The SMILES string of the molecule is O=C(CSc1nc2ccccc2c(=O)n1-c1ccc(OC(F)F)cc1)NCc1ccc(F)cc1. The number of nitrogens with one attached hydrogen (secondary N) is 1. The molecule has 0 aliphatic rings. The molecule has 0 unspecified atom stereocenters. The normalized spacial score (nSPS) is 11.1. The molecular weight excluding hydrogens is 467 g/mol. The lowest BCUT2D eigenvalue weighted by atomic mass is 10.2. The van der Waals surface area contributed by atoms with E-state index < -0.39 is 6.61 Å². The number of benzene rings is 3. The van der Waals surface area contributed by atoms with Gasteiger partial charge in [-0.05, 0) is 54.1 Å². The highest BCUT2D eigenvalue weighted by Gasteiger charge is 2.15. The fraction of sp³-hybridized carbons (Fsp3) is 0.125. The molecule has 34 heavy (non-hydrogen) atoms. The topological polar surface area (TPSA) is 73.2 Å². The fourth-order valence-electron chi connectivity index (χ4n) is 3.20. The van der Waals surface area contributed by atoms with Crippen LogP contribution in [0, 0.1) is 5.82 Å². The van der Waals surface area contributed by atoms with Crippen LogP contribution < -0.4 is 15.6 Å². The van der Waals surface area contributed by atoms with Gasteiger partial charge in [0.05, 0.1) is 22.3 Å². The Morgan fingerprint density at radius 1 is 1.03 bits per heavy atom. The number of amides is 1. The number of aromatic nitrogens is 2. The summed E-state index contributed by atoms with van der Waals surface area (Å²) in [5, 5.41) is 3.38. The van der Waals surface area contributed by atoms with E-state index in [-0.39, 0.29) is 40.5 Å². The summed E-state index contributed by atoms with van der Waals surface area (Å²) >= 11 is 1.06. The summed E-state index contributed by atoms with van der Waals surface area (Å²) in [6.45, 7) is -2.74. The van der Waals surface area contributed by atoms with Gasteiger partial charge in [0.25, 0.3) is 5.56 Å². The minimum atomic E-state index is -2.96. The minimum Gasteiger partial charge on any atom is -0.435 e. The lowest BCUT2D eigenvalue weighted by molar-refractivity contribution is -0.118. The molecule has 0 aliphatic carbocycles. The fourth-order valence-corrected chi connectivity index (χ4v) is 4.04. The largest absolute Gasteiger partial charge is 0.435 e. The Morgan fingerprint density at radius 3 is 2.44 bits per heavy atom. The number of hydrogen-bond donors (Lipinski definition) is 1. The van der Waals surface area contributed by atoms with E-state index >= 15 is 0 Å². The number of ether oxygens (including phenoxy) is 1. The summed E-state index contributed by atoms with van der Waals surface area (Å²) in [5.74, 6) is -0.739. The van der Waals surface area contributed by atoms with Crippen molar-refractivity contribution in [2.75, 3.05) is 5.75 Å². The molecule has 0 aliphatic heterocycles. The summed E-state index contributed by atoms with van der Waals surface area (Å²) < 4.78 is 43.7. The molecule has 3 aromatic carbocycles. The first-order valence-corrected chi connectivity index (χ1v) is 11.1. The Morgan fingerprint density at radius 2 is 1.74 bits per heavy atom. The van der Waals surface area contributed by atoms with Gasteiger partial charge in [0.1, 0.15) is 11.6 Å². The molecule has 10 heteroatoms. The molecular formula is C24H18F3N3O3S. The second-order valence-electron chi connectivity index (χ2n) is 7.12. The predicted molar refractivity (Wildman–Crippen MR) is 123 cm³/mol. The van der Waals surface area contributed by atoms with Crippen molar-refractivity contribution in [2.45, 2.75) is 18.3 Å². The zero-order valence-electron chi connectivity index (χ0n) is 17.6. The van der Waals surface area contributed by atoms with Crippen LogP contribution in [-0.4, -0.2) is 27.8 Å². The molecule has 1 amide bonds. The van der Waals surface area contributed by atoms with Crippen molar-refractivity contribution in [3.05, 3.63) is 94.5 Å². The average Bonchev–Trinajstić information content (AvgIpc) is 2.83. The molecule has 0 spiro atoms. The highest BCUT2D eigenvalue weighted by Crippen LogP contribution is 2.23. The number of nitrogens with zero attached hydrogens (tertiary/aromatic N) is 2. The molecule has 4 rings (SSSR count). The second-order valence-corrected chi connectivity index (χ2v) is 8.06. The Bertz CT molecular complexity index is 1360. The molecule has 4 aromatic rings. The Balaban J connectivity index is 1.57. The van der Waals surface area contributed by atoms with Crippen LogP contribution in [0.2, 0.25) is 0 Å². The van der Waals surface area contributed by atoms with Crippen molar-refractivity contribution in [1.82, 2.24) is 14.9 Å². The summed E-state index contributed by atoms with van der Waals surface area (Å²) in [5.41, 5.74) is 1.24. The van der Waals surface area contributed by atoms with E-state index in [1.807, 2.05) is 0 Å². The van der Waals surface area contributed by atoms with Crippen molar-refractivity contribution in [3.8, 4) is 11.4 Å². The van der Waals surface area contributed by atoms with E-state index in [0.29, 0.717) is 16.6 Å². The van der Waals surface area contributed by atoms with E-state index in [0.717, 1.165) is 17.3 Å². The van der Waals surface area contributed by atoms with Gasteiger partial charge in [-0.15, -0.1) is 0 Å². The number of halogens is 3. The van der Waals surface area contributed by atoms with Crippen LogP contribution in [0.15, 0.2) is 82.7 Å². The first-order chi connectivity index (χ1) is 16.4. The highest BCUT2D eigenvalue weighted by atomic mass is 32.2. The van der Waals surface area contributed by atoms with Crippen LogP contribution >= 0.6 is 11.8 Å².